The molecular weight excluding hydrogens is 466 g/mol. The van der Waals surface area contributed by atoms with E-state index in [0.29, 0.717) is 18.3 Å². The van der Waals surface area contributed by atoms with Gasteiger partial charge in [0.05, 0.1) is 33.6 Å². The van der Waals surface area contributed by atoms with Crippen LogP contribution in [0, 0.1) is 20.8 Å². The summed E-state index contributed by atoms with van der Waals surface area (Å²) in [5.74, 6) is 1.07. The molecule has 2 saturated heterocycles. The van der Waals surface area contributed by atoms with Gasteiger partial charge in [0, 0.05) is 5.56 Å². The second-order valence-corrected chi connectivity index (χ2v) is 10.3. The second kappa shape index (κ2) is 8.74. The number of aliphatic hydroxyl groups excluding tert-OH is 1. The van der Waals surface area contributed by atoms with E-state index in [1.165, 1.54) is 0 Å². The molecule has 182 valence electrons. The van der Waals surface area contributed by atoms with Crippen LogP contribution < -0.4 is 5.73 Å². The fraction of sp³-hybridized carbons (Fsp3) is 0.400. The van der Waals surface area contributed by atoms with Crippen molar-refractivity contribution in [3.63, 3.8) is 0 Å². The molecule has 2 aliphatic heterocycles. The van der Waals surface area contributed by atoms with E-state index in [0.717, 1.165) is 32.0 Å². The van der Waals surface area contributed by atoms with Crippen molar-refractivity contribution in [1.29, 1.82) is 0 Å². The van der Waals surface area contributed by atoms with Crippen molar-refractivity contribution in [2.24, 2.45) is 5.73 Å². The summed E-state index contributed by atoms with van der Waals surface area (Å²) in [6.45, 7) is 6.15. The monoisotopic (exact) mass is 493 g/mol. The summed E-state index contributed by atoms with van der Waals surface area (Å²) in [7, 11) is 0. The molecule has 3 N–H and O–H groups in total. The first-order valence-electron chi connectivity index (χ1n) is 11.6. The molecule has 2 fully saturated rings. The van der Waals surface area contributed by atoms with E-state index in [2.05, 4.69) is 15.1 Å². The van der Waals surface area contributed by atoms with E-state index >= 15 is 0 Å². The third-order valence-corrected chi connectivity index (χ3v) is 7.75. The van der Waals surface area contributed by atoms with Crippen LogP contribution in [-0.2, 0) is 14.2 Å². The van der Waals surface area contributed by atoms with Gasteiger partial charge in [0.1, 0.15) is 30.2 Å². The van der Waals surface area contributed by atoms with Crippen LogP contribution in [0.3, 0.4) is 0 Å². The molecule has 6 atom stereocenters. The highest BCUT2D eigenvalue weighted by Crippen LogP contribution is 2.39. The largest absolute Gasteiger partial charge is 0.388 e. The highest BCUT2D eigenvalue weighted by molar-refractivity contribution is 7.18. The number of aromatic nitrogens is 4. The number of hydrogen-bond donors (Lipinski definition) is 2. The Morgan fingerprint density at radius 2 is 1.86 bits per heavy atom. The van der Waals surface area contributed by atoms with Crippen LogP contribution in [0.2, 0.25) is 0 Å². The molecule has 0 saturated carbocycles. The molecule has 0 bridgehead atoms. The second-order valence-electron chi connectivity index (χ2n) is 9.06. The lowest BCUT2D eigenvalue weighted by molar-refractivity contribution is -0.309. The Labute approximate surface area is 206 Å². The van der Waals surface area contributed by atoms with Gasteiger partial charge in [-0.15, -0.1) is 11.3 Å². The molecule has 0 radical (unpaired) electrons. The Morgan fingerprint density at radius 3 is 2.66 bits per heavy atom. The summed E-state index contributed by atoms with van der Waals surface area (Å²) in [6, 6.07) is 12.9. The molecule has 0 amide bonds. The predicted octanol–water partition coefficient (Wildman–Crippen LogP) is 3.04. The molecule has 10 heteroatoms. The van der Waals surface area contributed by atoms with Crippen molar-refractivity contribution >= 4 is 21.6 Å². The minimum absolute atomic E-state index is 0.291. The number of rotatable bonds is 3. The van der Waals surface area contributed by atoms with Crippen molar-refractivity contribution in [2.75, 3.05) is 6.61 Å². The predicted molar refractivity (Wildman–Crippen MR) is 130 cm³/mol. The first-order valence-corrected chi connectivity index (χ1v) is 12.4. The lowest BCUT2D eigenvalue weighted by Gasteiger charge is -2.46. The van der Waals surface area contributed by atoms with Gasteiger partial charge in [-0.2, -0.15) is 5.10 Å². The SMILES string of the molecule is Cc1nc(C2OC3COC(c4ccccc4)OC3C(N)C2O)n(-c2ccc3nc(C)sc3c2C)n1. The zero-order valence-corrected chi connectivity index (χ0v) is 20.5. The Morgan fingerprint density at radius 1 is 1.06 bits per heavy atom. The van der Waals surface area contributed by atoms with Crippen molar-refractivity contribution in [1.82, 2.24) is 19.7 Å². The molecule has 0 aliphatic carbocycles. The van der Waals surface area contributed by atoms with Gasteiger partial charge in [-0.05, 0) is 38.5 Å². The van der Waals surface area contributed by atoms with Gasteiger partial charge in [-0.1, -0.05) is 30.3 Å². The van der Waals surface area contributed by atoms with E-state index in [1.54, 1.807) is 16.0 Å². The normalized spacial score (nSPS) is 28.8. The minimum atomic E-state index is -1.04. The Kier molecular flexibility index (Phi) is 5.67. The molecule has 4 aromatic rings. The smallest absolute Gasteiger partial charge is 0.184 e. The molecular formula is C25H27N5O4S. The molecule has 0 spiro atoms. The van der Waals surface area contributed by atoms with E-state index in [-0.39, 0.29) is 0 Å². The number of aliphatic hydroxyl groups is 1. The van der Waals surface area contributed by atoms with Gasteiger partial charge in [0.2, 0.25) is 0 Å². The molecule has 6 unspecified atom stereocenters. The maximum Gasteiger partial charge on any atom is 0.184 e. The fourth-order valence-electron chi connectivity index (χ4n) is 4.91. The average molecular weight is 494 g/mol. The van der Waals surface area contributed by atoms with Crippen LogP contribution in [0.25, 0.3) is 15.9 Å². The van der Waals surface area contributed by atoms with Gasteiger partial charge >= 0.3 is 0 Å². The third-order valence-electron chi connectivity index (χ3n) is 6.64. The van der Waals surface area contributed by atoms with Gasteiger partial charge in [0.15, 0.2) is 12.1 Å². The van der Waals surface area contributed by atoms with Crippen LogP contribution >= 0.6 is 11.3 Å². The Bertz CT molecular complexity index is 1370. The summed E-state index contributed by atoms with van der Waals surface area (Å²) in [4.78, 5) is 9.23. The van der Waals surface area contributed by atoms with E-state index in [4.69, 9.17) is 19.9 Å². The standard InChI is InChI=1S/C25H27N5O4S/c1-12-17(10-9-16-23(12)35-14(3)28-16)30-24(27-13(2)29-30)22-20(31)19(26)21-18(33-22)11-32-25(34-21)15-7-5-4-6-8-15/h4-10,18-22,25,31H,11,26H2,1-3H3. The van der Waals surface area contributed by atoms with Crippen LogP contribution in [0.15, 0.2) is 42.5 Å². The summed E-state index contributed by atoms with van der Waals surface area (Å²) in [5.41, 5.74) is 10.3. The zero-order chi connectivity index (χ0) is 24.3. The van der Waals surface area contributed by atoms with Gasteiger partial charge in [0.25, 0.3) is 0 Å². The number of benzene rings is 2. The Hall–Kier alpha value is -2.73. The number of hydrogen-bond acceptors (Lipinski definition) is 9. The lowest BCUT2D eigenvalue weighted by atomic mass is 9.92. The number of nitrogens with two attached hydrogens (primary N) is 1. The number of fused-ring (bicyclic) bond motifs is 2. The minimum Gasteiger partial charge on any atom is -0.388 e. The fourth-order valence-corrected chi connectivity index (χ4v) is 5.83. The average Bonchev–Trinajstić information content (AvgIpc) is 3.44. The van der Waals surface area contributed by atoms with Crippen molar-refractivity contribution < 1.29 is 19.3 Å². The van der Waals surface area contributed by atoms with Crippen LogP contribution in [-0.4, -0.2) is 55.8 Å². The number of nitrogens with zero attached hydrogens (tertiary/aromatic N) is 4. The molecule has 2 aromatic carbocycles. The first kappa shape index (κ1) is 22.7. The van der Waals surface area contributed by atoms with Crippen LogP contribution in [0.4, 0.5) is 0 Å². The molecule has 6 rings (SSSR count). The van der Waals surface area contributed by atoms with Gasteiger partial charge in [-0.3, -0.25) is 0 Å². The van der Waals surface area contributed by atoms with Crippen LogP contribution in [0.5, 0.6) is 0 Å². The summed E-state index contributed by atoms with van der Waals surface area (Å²) >= 11 is 1.64. The van der Waals surface area contributed by atoms with E-state index < -0.39 is 36.7 Å². The van der Waals surface area contributed by atoms with Gasteiger partial charge < -0.3 is 25.1 Å². The summed E-state index contributed by atoms with van der Waals surface area (Å²) in [6.07, 6.45) is -3.35. The number of ether oxygens (including phenoxy) is 3. The Balaban J connectivity index is 1.32. The molecule has 2 aromatic heterocycles. The molecule has 9 nitrogen and oxygen atoms in total. The number of aryl methyl sites for hydroxylation is 3. The quantitative estimate of drug-likeness (QED) is 0.447. The maximum atomic E-state index is 11.3. The van der Waals surface area contributed by atoms with Gasteiger partial charge in [-0.25, -0.2) is 14.6 Å². The van der Waals surface area contributed by atoms with Crippen molar-refractivity contribution in [3.05, 3.63) is 70.2 Å². The third kappa shape index (κ3) is 3.86. The zero-order valence-electron chi connectivity index (χ0n) is 19.7. The topological polar surface area (TPSA) is 118 Å². The molecule has 4 heterocycles. The maximum absolute atomic E-state index is 11.3. The molecule has 35 heavy (non-hydrogen) atoms. The number of thiazole rings is 1. The highest BCUT2D eigenvalue weighted by Gasteiger charge is 2.49. The molecule has 2 aliphatic rings. The summed E-state index contributed by atoms with van der Waals surface area (Å²) < 4.78 is 21.3. The van der Waals surface area contributed by atoms with E-state index in [9.17, 15) is 5.11 Å². The van der Waals surface area contributed by atoms with Crippen LogP contribution in [0.1, 0.15) is 40.2 Å². The summed E-state index contributed by atoms with van der Waals surface area (Å²) in [5, 5.41) is 16.9. The van der Waals surface area contributed by atoms with Crippen molar-refractivity contribution in [2.45, 2.75) is 57.5 Å². The first-order chi connectivity index (χ1) is 16.9. The highest BCUT2D eigenvalue weighted by atomic mass is 32.1. The van der Waals surface area contributed by atoms with Crippen molar-refractivity contribution in [3.8, 4) is 5.69 Å². The lowest BCUT2D eigenvalue weighted by Crippen LogP contribution is -2.62. The van der Waals surface area contributed by atoms with E-state index in [1.807, 2.05) is 63.2 Å².